The van der Waals surface area contributed by atoms with Crippen LogP contribution in [0.5, 0.6) is 0 Å². The summed E-state index contributed by atoms with van der Waals surface area (Å²) in [7, 11) is 0. The number of hydrogen-bond acceptors (Lipinski definition) is 5. The molecule has 22 heavy (non-hydrogen) atoms. The Morgan fingerprint density at radius 3 is 3.09 bits per heavy atom. The zero-order chi connectivity index (χ0) is 15.1. The van der Waals surface area contributed by atoms with Crippen LogP contribution in [0.4, 0.5) is 0 Å². The van der Waals surface area contributed by atoms with Gasteiger partial charge in [-0.3, -0.25) is 4.79 Å². The fraction of sp³-hybridized carbons (Fsp3) is 0.533. The first-order chi connectivity index (χ1) is 10.7. The molecular weight excluding hydrogens is 284 g/mol. The highest BCUT2D eigenvalue weighted by Gasteiger charge is 2.45. The topological polar surface area (TPSA) is 84.4 Å². The van der Waals surface area contributed by atoms with Crippen LogP contribution in [0, 0.1) is 5.92 Å². The van der Waals surface area contributed by atoms with E-state index in [-0.39, 0.29) is 11.9 Å². The fourth-order valence-electron chi connectivity index (χ4n) is 3.70. The lowest BCUT2D eigenvalue weighted by Crippen LogP contribution is -2.42. The Morgan fingerprint density at radius 2 is 2.27 bits per heavy atom. The zero-order valence-electron chi connectivity index (χ0n) is 12.1. The standard InChI is InChI=1S/C15H18N4O3/c20-12-3-1-10-5-7-19(14(10)12)15(21)13-4-2-11(22-13)9-18-8-6-16-17-18/h2,4,6,8,10,12,14,20H,1,3,5,7,9H2/t10-,12+,14+/m0/s1. The highest BCUT2D eigenvalue weighted by Crippen LogP contribution is 2.38. The molecule has 7 nitrogen and oxygen atoms in total. The van der Waals surface area contributed by atoms with Gasteiger partial charge in [0.15, 0.2) is 5.76 Å². The summed E-state index contributed by atoms with van der Waals surface area (Å²) in [5, 5.41) is 17.7. The number of furan rings is 1. The monoisotopic (exact) mass is 302 g/mol. The number of hydrogen-bond donors (Lipinski definition) is 1. The molecular formula is C15H18N4O3. The summed E-state index contributed by atoms with van der Waals surface area (Å²) in [4.78, 5) is 14.4. The molecule has 2 fully saturated rings. The van der Waals surface area contributed by atoms with Gasteiger partial charge >= 0.3 is 0 Å². The van der Waals surface area contributed by atoms with E-state index in [1.807, 2.05) is 0 Å². The molecule has 1 saturated heterocycles. The van der Waals surface area contributed by atoms with Crippen LogP contribution in [-0.2, 0) is 6.54 Å². The molecule has 0 radical (unpaired) electrons. The van der Waals surface area contributed by atoms with Gasteiger partial charge in [0.05, 0.1) is 18.3 Å². The van der Waals surface area contributed by atoms with Crippen molar-refractivity contribution < 1.29 is 14.3 Å². The van der Waals surface area contributed by atoms with E-state index in [2.05, 4.69) is 10.3 Å². The number of aliphatic hydroxyl groups excluding tert-OH is 1. The van der Waals surface area contributed by atoms with Crippen LogP contribution in [0.25, 0.3) is 0 Å². The highest BCUT2D eigenvalue weighted by molar-refractivity contribution is 5.92. The van der Waals surface area contributed by atoms with E-state index in [9.17, 15) is 9.90 Å². The van der Waals surface area contributed by atoms with Gasteiger partial charge in [0.2, 0.25) is 0 Å². The van der Waals surface area contributed by atoms with Crippen molar-refractivity contribution in [2.45, 2.75) is 38.0 Å². The maximum Gasteiger partial charge on any atom is 0.289 e. The maximum atomic E-state index is 12.6. The summed E-state index contributed by atoms with van der Waals surface area (Å²) in [6.07, 6.45) is 5.70. The third-order valence-corrected chi connectivity index (χ3v) is 4.73. The van der Waals surface area contributed by atoms with Gasteiger partial charge in [-0.2, -0.15) is 0 Å². The summed E-state index contributed by atoms with van der Waals surface area (Å²) in [6, 6.07) is 3.44. The van der Waals surface area contributed by atoms with E-state index >= 15 is 0 Å². The van der Waals surface area contributed by atoms with Crippen LogP contribution in [0.2, 0.25) is 0 Å². The van der Waals surface area contributed by atoms with Crippen LogP contribution in [0.15, 0.2) is 28.9 Å². The normalized spacial score (nSPS) is 27.3. The average Bonchev–Trinajstić information content (AvgIpc) is 3.26. The molecule has 0 aromatic carbocycles. The van der Waals surface area contributed by atoms with Crippen molar-refractivity contribution in [3.05, 3.63) is 36.0 Å². The quantitative estimate of drug-likeness (QED) is 0.911. The molecule has 116 valence electrons. The van der Waals surface area contributed by atoms with Gasteiger partial charge in [0, 0.05) is 12.7 Å². The number of aliphatic hydroxyl groups is 1. The highest BCUT2D eigenvalue weighted by atomic mass is 16.4. The van der Waals surface area contributed by atoms with Gasteiger partial charge in [0.1, 0.15) is 12.3 Å². The van der Waals surface area contributed by atoms with Crippen molar-refractivity contribution in [2.75, 3.05) is 6.54 Å². The molecule has 7 heteroatoms. The van der Waals surface area contributed by atoms with E-state index in [1.54, 1.807) is 34.1 Å². The summed E-state index contributed by atoms with van der Waals surface area (Å²) in [6.45, 7) is 1.15. The average molecular weight is 302 g/mol. The summed E-state index contributed by atoms with van der Waals surface area (Å²) >= 11 is 0. The number of fused-ring (bicyclic) bond motifs is 1. The number of amides is 1. The minimum absolute atomic E-state index is 0.0450. The predicted molar refractivity (Wildman–Crippen MR) is 76.0 cm³/mol. The number of aromatic nitrogens is 3. The van der Waals surface area contributed by atoms with Gasteiger partial charge in [-0.15, -0.1) is 5.10 Å². The lowest BCUT2D eigenvalue weighted by Gasteiger charge is -2.25. The molecule has 3 heterocycles. The molecule has 0 spiro atoms. The molecule has 1 aliphatic carbocycles. The van der Waals surface area contributed by atoms with Crippen molar-refractivity contribution >= 4 is 5.91 Å². The van der Waals surface area contributed by atoms with Crippen molar-refractivity contribution in [1.29, 1.82) is 0 Å². The molecule has 1 amide bonds. The van der Waals surface area contributed by atoms with Gasteiger partial charge in [-0.05, 0) is 37.3 Å². The Balaban J connectivity index is 1.50. The maximum absolute atomic E-state index is 12.6. The van der Waals surface area contributed by atoms with E-state index in [1.165, 1.54) is 0 Å². The largest absolute Gasteiger partial charge is 0.454 e. The van der Waals surface area contributed by atoms with Crippen LogP contribution in [0.1, 0.15) is 35.6 Å². The summed E-state index contributed by atoms with van der Waals surface area (Å²) < 4.78 is 7.29. The van der Waals surface area contributed by atoms with E-state index in [0.717, 1.165) is 19.3 Å². The smallest absolute Gasteiger partial charge is 0.289 e. The summed E-state index contributed by atoms with van der Waals surface area (Å²) in [5.41, 5.74) is 0. The molecule has 2 aliphatic rings. The Labute approximate surface area is 127 Å². The molecule has 0 unspecified atom stereocenters. The van der Waals surface area contributed by atoms with Crippen molar-refractivity contribution in [3.8, 4) is 0 Å². The second kappa shape index (κ2) is 5.24. The molecule has 4 rings (SSSR count). The molecule has 2 aromatic heterocycles. The lowest BCUT2D eigenvalue weighted by atomic mass is 10.0. The van der Waals surface area contributed by atoms with Crippen LogP contribution in [-0.4, -0.2) is 49.6 Å². The Bertz CT molecular complexity index is 666. The third kappa shape index (κ3) is 2.21. The second-order valence-electron chi connectivity index (χ2n) is 6.05. The van der Waals surface area contributed by atoms with Crippen LogP contribution >= 0.6 is 0 Å². The minimum Gasteiger partial charge on any atom is -0.454 e. The number of carbonyl (C=O) groups is 1. The fourth-order valence-corrected chi connectivity index (χ4v) is 3.70. The molecule has 0 bridgehead atoms. The van der Waals surface area contributed by atoms with Gasteiger partial charge in [0.25, 0.3) is 5.91 Å². The minimum atomic E-state index is -0.402. The van der Waals surface area contributed by atoms with Gasteiger partial charge in [-0.1, -0.05) is 5.21 Å². The first-order valence-electron chi connectivity index (χ1n) is 7.64. The van der Waals surface area contributed by atoms with Crippen LogP contribution in [0.3, 0.4) is 0 Å². The lowest BCUT2D eigenvalue weighted by molar-refractivity contribution is 0.0502. The Kier molecular flexibility index (Phi) is 3.22. The molecule has 1 aliphatic heterocycles. The summed E-state index contributed by atoms with van der Waals surface area (Å²) in [5.74, 6) is 1.30. The Hall–Kier alpha value is -2.15. The second-order valence-corrected chi connectivity index (χ2v) is 6.05. The molecule has 1 N–H and O–H groups in total. The molecule has 2 aromatic rings. The van der Waals surface area contributed by atoms with Crippen molar-refractivity contribution in [2.24, 2.45) is 5.92 Å². The zero-order valence-corrected chi connectivity index (χ0v) is 12.1. The number of nitrogens with zero attached hydrogens (tertiary/aromatic N) is 4. The Morgan fingerprint density at radius 1 is 1.36 bits per heavy atom. The molecule has 1 saturated carbocycles. The SMILES string of the molecule is O=C(c1ccc(Cn2ccnn2)o1)N1CC[C@@H]2CC[C@@H](O)[C@@H]21. The first kappa shape index (κ1) is 13.5. The van der Waals surface area contributed by atoms with Crippen molar-refractivity contribution in [1.82, 2.24) is 19.9 Å². The van der Waals surface area contributed by atoms with E-state index in [0.29, 0.717) is 30.5 Å². The predicted octanol–water partition coefficient (Wildman–Crippen LogP) is 0.905. The van der Waals surface area contributed by atoms with E-state index < -0.39 is 6.10 Å². The number of rotatable bonds is 3. The number of likely N-dealkylation sites (tertiary alicyclic amines) is 1. The first-order valence-corrected chi connectivity index (χ1v) is 7.64. The van der Waals surface area contributed by atoms with Gasteiger partial charge < -0.3 is 14.4 Å². The third-order valence-electron chi connectivity index (χ3n) is 4.73. The molecule has 3 atom stereocenters. The van der Waals surface area contributed by atoms with Gasteiger partial charge in [-0.25, -0.2) is 4.68 Å². The van der Waals surface area contributed by atoms with Crippen molar-refractivity contribution in [3.63, 3.8) is 0 Å². The number of carbonyl (C=O) groups excluding carboxylic acids is 1. The van der Waals surface area contributed by atoms with E-state index in [4.69, 9.17) is 4.42 Å². The van der Waals surface area contributed by atoms with Crippen LogP contribution < -0.4 is 0 Å².